The summed E-state index contributed by atoms with van der Waals surface area (Å²) in [7, 11) is 0. The van der Waals surface area contributed by atoms with Crippen molar-refractivity contribution in [1.29, 1.82) is 0 Å². The molecule has 40 heavy (non-hydrogen) atoms. The Kier molecular flexibility index (Phi) is 14.7. The van der Waals surface area contributed by atoms with Crippen LogP contribution in [0.15, 0.2) is 24.3 Å². The van der Waals surface area contributed by atoms with Crippen molar-refractivity contribution in [2.45, 2.75) is 75.5 Å². The highest BCUT2D eigenvalue weighted by atomic mass is 16.4. The van der Waals surface area contributed by atoms with E-state index in [1.54, 1.807) is 0 Å². The Hall–Kier alpha value is -4.24. The molecule has 0 saturated heterocycles. The fourth-order valence-electron chi connectivity index (χ4n) is 3.60. The number of carbonyl (C=O) groups is 6. The molecule has 11 N–H and O–H groups in total. The van der Waals surface area contributed by atoms with E-state index in [9.17, 15) is 39.0 Å². The van der Waals surface area contributed by atoms with E-state index in [-0.39, 0.29) is 31.4 Å². The first kappa shape index (κ1) is 33.8. The Morgan fingerprint density at radius 1 is 0.700 bits per heavy atom. The molecule has 222 valence electrons. The second-order valence-corrected chi connectivity index (χ2v) is 9.15. The molecule has 0 fully saturated rings. The average Bonchev–Trinajstić information content (AvgIpc) is 2.89. The number of phenols is 1. The van der Waals surface area contributed by atoms with Crippen LogP contribution in [0.5, 0.6) is 5.75 Å². The fourth-order valence-corrected chi connectivity index (χ4v) is 3.60. The van der Waals surface area contributed by atoms with Crippen LogP contribution in [0.3, 0.4) is 0 Å². The molecule has 0 aliphatic heterocycles. The zero-order valence-electron chi connectivity index (χ0n) is 21.9. The molecule has 4 unspecified atom stereocenters. The summed E-state index contributed by atoms with van der Waals surface area (Å²) in [5, 5.41) is 44.0. The third-order valence-corrected chi connectivity index (χ3v) is 5.86. The van der Waals surface area contributed by atoms with Gasteiger partial charge < -0.3 is 47.8 Å². The minimum Gasteiger partial charge on any atom is -0.508 e. The summed E-state index contributed by atoms with van der Waals surface area (Å²) >= 11 is 0. The molecule has 3 amide bonds. The van der Waals surface area contributed by atoms with Crippen LogP contribution in [-0.4, -0.2) is 86.8 Å². The van der Waals surface area contributed by atoms with Gasteiger partial charge in [-0.15, -0.1) is 0 Å². The summed E-state index contributed by atoms with van der Waals surface area (Å²) in [4.78, 5) is 72.4. The lowest BCUT2D eigenvalue weighted by Gasteiger charge is -2.25. The maximum absolute atomic E-state index is 13.3. The number of phenolic OH excluding ortho intramolecular Hbond substituents is 1. The van der Waals surface area contributed by atoms with Gasteiger partial charge in [0, 0.05) is 19.3 Å². The van der Waals surface area contributed by atoms with E-state index in [1.807, 2.05) is 0 Å². The van der Waals surface area contributed by atoms with Gasteiger partial charge in [0.25, 0.3) is 0 Å². The lowest BCUT2D eigenvalue weighted by Crippen LogP contribution is -2.57. The van der Waals surface area contributed by atoms with Crippen molar-refractivity contribution < 1.29 is 49.2 Å². The molecule has 0 aromatic heterocycles. The van der Waals surface area contributed by atoms with Gasteiger partial charge in [-0.25, -0.2) is 4.79 Å². The minimum absolute atomic E-state index is 0.0469. The number of aliphatic carboxylic acids is 3. The first-order chi connectivity index (χ1) is 18.8. The number of hydrogen-bond donors (Lipinski definition) is 9. The van der Waals surface area contributed by atoms with Crippen molar-refractivity contribution in [3.8, 4) is 5.75 Å². The second-order valence-electron chi connectivity index (χ2n) is 9.15. The normalized spacial score (nSPS) is 13.8. The number of aromatic hydroxyl groups is 1. The van der Waals surface area contributed by atoms with Crippen molar-refractivity contribution in [3.63, 3.8) is 0 Å². The number of rotatable bonds is 19. The summed E-state index contributed by atoms with van der Waals surface area (Å²) in [6.07, 6.45) is -0.650. The van der Waals surface area contributed by atoms with E-state index in [0.29, 0.717) is 24.9 Å². The quantitative estimate of drug-likeness (QED) is 0.0879. The predicted octanol–water partition coefficient (Wildman–Crippen LogP) is -1.34. The molecule has 15 nitrogen and oxygen atoms in total. The van der Waals surface area contributed by atoms with E-state index < -0.39 is 72.6 Å². The molecular formula is C25H37N5O10. The number of nitrogens with one attached hydrogen (secondary N) is 3. The Balaban J connectivity index is 3.13. The second kappa shape index (κ2) is 17.4. The van der Waals surface area contributed by atoms with E-state index in [1.165, 1.54) is 24.3 Å². The number of benzene rings is 1. The smallest absolute Gasteiger partial charge is 0.326 e. The van der Waals surface area contributed by atoms with Crippen LogP contribution >= 0.6 is 0 Å². The van der Waals surface area contributed by atoms with Crippen molar-refractivity contribution in [2.24, 2.45) is 11.5 Å². The highest BCUT2D eigenvalue weighted by Gasteiger charge is 2.31. The van der Waals surface area contributed by atoms with Crippen LogP contribution in [0.4, 0.5) is 0 Å². The van der Waals surface area contributed by atoms with Crippen molar-refractivity contribution in [3.05, 3.63) is 29.8 Å². The van der Waals surface area contributed by atoms with Crippen LogP contribution in [0, 0.1) is 0 Å². The molecule has 0 saturated carbocycles. The number of carboxylic acids is 3. The zero-order chi connectivity index (χ0) is 30.2. The molecule has 0 heterocycles. The highest BCUT2D eigenvalue weighted by Crippen LogP contribution is 2.12. The largest absolute Gasteiger partial charge is 0.508 e. The number of amides is 3. The predicted molar refractivity (Wildman–Crippen MR) is 140 cm³/mol. The Morgan fingerprint density at radius 2 is 1.23 bits per heavy atom. The summed E-state index contributed by atoms with van der Waals surface area (Å²) in [6, 6.07) is 0.312. The molecule has 1 aromatic carbocycles. The number of carbonyl (C=O) groups excluding carboxylic acids is 3. The van der Waals surface area contributed by atoms with Crippen molar-refractivity contribution in [2.75, 3.05) is 6.54 Å². The number of nitrogens with two attached hydrogens (primary N) is 2. The maximum Gasteiger partial charge on any atom is 0.326 e. The van der Waals surface area contributed by atoms with Gasteiger partial charge in [-0.1, -0.05) is 12.1 Å². The lowest BCUT2D eigenvalue weighted by atomic mass is 10.0. The zero-order valence-corrected chi connectivity index (χ0v) is 21.9. The van der Waals surface area contributed by atoms with Crippen LogP contribution in [0.1, 0.15) is 50.5 Å². The van der Waals surface area contributed by atoms with Gasteiger partial charge in [-0.05, 0) is 56.3 Å². The van der Waals surface area contributed by atoms with Crippen LogP contribution in [0.2, 0.25) is 0 Å². The summed E-state index contributed by atoms with van der Waals surface area (Å²) in [5.74, 6) is -6.46. The molecule has 1 rings (SSSR count). The van der Waals surface area contributed by atoms with E-state index in [2.05, 4.69) is 16.0 Å². The van der Waals surface area contributed by atoms with Crippen LogP contribution in [-0.2, 0) is 35.2 Å². The SMILES string of the molecule is NCCCCC(NC(=O)C(CCC(=O)O)NC(=O)C(Cc1ccc(O)cc1)NC(=O)C(N)CCC(=O)O)C(=O)O. The average molecular weight is 568 g/mol. The molecular weight excluding hydrogens is 530 g/mol. The fraction of sp³-hybridized carbons (Fsp3) is 0.520. The Morgan fingerprint density at radius 3 is 1.77 bits per heavy atom. The molecule has 15 heteroatoms. The van der Waals surface area contributed by atoms with Gasteiger partial charge in [0.1, 0.15) is 23.9 Å². The molecule has 0 radical (unpaired) electrons. The monoisotopic (exact) mass is 567 g/mol. The third kappa shape index (κ3) is 13.0. The van der Waals surface area contributed by atoms with Crippen molar-refractivity contribution >= 4 is 35.6 Å². The maximum atomic E-state index is 13.3. The van der Waals surface area contributed by atoms with E-state index in [0.717, 1.165) is 0 Å². The lowest BCUT2D eigenvalue weighted by molar-refractivity contribution is -0.143. The van der Waals surface area contributed by atoms with Crippen LogP contribution < -0.4 is 27.4 Å². The summed E-state index contributed by atoms with van der Waals surface area (Å²) < 4.78 is 0. The van der Waals surface area contributed by atoms with Gasteiger partial charge >= 0.3 is 17.9 Å². The standard InChI is InChI=1S/C25H37N5O10/c26-12-2-1-3-18(25(39)40)29-23(37)17(9-11-21(34)35)28-24(38)19(13-14-4-6-15(31)7-5-14)30-22(36)16(27)8-10-20(32)33/h4-7,16-19,31H,1-3,8-13,26-27H2,(H,28,38)(H,29,37)(H,30,36)(H,32,33)(H,34,35)(H,39,40). The first-order valence-electron chi connectivity index (χ1n) is 12.6. The Bertz CT molecular complexity index is 1030. The molecule has 4 atom stereocenters. The van der Waals surface area contributed by atoms with E-state index in [4.69, 9.17) is 21.7 Å². The third-order valence-electron chi connectivity index (χ3n) is 5.86. The van der Waals surface area contributed by atoms with Crippen LogP contribution in [0.25, 0.3) is 0 Å². The van der Waals surface area contributed by atoms with Gasteiger partial charge in [-0.3, -0.25) is 24.0 Å². The van der Waals surface area contributed by atoms with Gasteiger partial charge in [0.05, 0.1) is 6.04 Å². The van der Waals surface area contributed by atoms with Gasteiger partial charge in [0.15, 0.2) is 0 Å². The molecule has 0 spiro atoms. The molecule has 1 aromatic rings. The van der Waals surface area contributed by atoms with Gasteiger partial charge in [0.2, 0.25) is 17.7 Å². The molecule has 0 aliphatic rings. The number of hydrogen-bond acceptors (Lipinski definition) is 9. The minimum atomic E-state index is -1.46. The van der Waals surface area contributed by atoms with E-state index >= 15 is 0 Å². The summed E-state index contributed by atoms with van der Waals surface area (Å²) in [5.41, 5.74) is 11.7. The first-order valence-corrected chi connectivity index (χ1v) is 12.6. The number of carboxylic acid groups (broad SMARTS) is 3. The number of unbranched alkanes of at least 4 members (excludes halogenated alkanes) is 1. The topological polar surface area (TPSA) is 271 Å². The van der Waals surface area contributed by atoms with Crippen molar-refractivity contribution in [1.82, 2.24) is 16.0 Å². The molecule has 0 aliphatic carbocycles. The summed E-state index contributed by atoms with van der Waals surface area (Å²) in [6.45, 7) is 0.325. The highest BCUT2D eigenvalue weighted by molar-refractivity contribution is 5.94. The molecule has 0 bridgehead atoms. The van der Waals surface area contributed by atoms with Gasteiger partial charge in [-0.2, -0.15) is 0 Å². The Labute approximate surface area is 230 Å².